The Morgan fingerprint density at radius 3 is 2.93 bits per heavy atom. The molecule has 2 unspecified atom stereocenters. The molecule has 0 radical (unpaired) electrons. The topological polar surface area (TPSA) is 57.8 Å². The number of nitrogens with zero attached hydrogens (tertiary/aromatic N) is 1. The summed E-state index contributed by atoms with van der Waals surface area (Å²) < 4.78 is 0. The first-order valence-electron chi connectivity index (χ1n) is 4.62. The summed E-state index contributed by atoms with van der Waals surface area (Å²) in [6, 6.07) is 0.191. The van der Waals surface area contributed by atoms with E-state index in [0.717, 1.165) is 5.33 Å². The maximum absolute atomic E-state index is 11.2. The van der Waals surface area contributed by atoms with Crippen LogP contribution in [0, 0.1) is 5.92 Å². The van der Waals surface area contributed by atoms with Crippen molar-refractivity contribution in [3.63, 3.8) is 0 Å². The second-order valence-corrected chi connectivity index (χ2v) is 4.48. The van der Waals surface area contributed by atoms with E-state index in [1.165, 1.54) is 6.33 Å². The van der Waals surface area contributed by atoms with Crippen LogP contribution in [-0.2, 0) is 0 Å². The number of hydrogen-bond donors (Lipinski definition) is 2. The van der Waals surface area contributed by atoms with Crippen molar-refractivity contribution < 1.29 is 0 Å². The summed E-state index contributed by atoms with van der Waals surface area (Å²) in [5.74, 6) is 0.850. The Morgan fingerprint density at radius 1 is 1.67 bits per heavy atom. The lowest BCUT2D eigenvalue weighted by molar-refractivity contribution is 0.570. The zero-order valence-corrected chi connectivity index (χ0v) is 10.9. The molecule has 0 aliphatic heterocycles. The number of halogens is 2. The standard InChI is InChI=1S/C9H13BrClN3O/c1-5(3-10)6(2)14-8-7(11)9(15)13-4-12-8/h4-6H,3H2,1-2H3,(H2,12,13,14,15). The highest BCUT2D eigenvalue weighted by Gasteiger charge is 2.13. The zero-order valence-electron chi connectivity index (χ0n) is 8.55. The van der Waals surface area contributed by atoms with Crippen molar-refractivity contribution in [3.05, 3.63) is 21.7 Å². The highest BCUT2D eigenvalue weighted by molar-refractivity contribution is 9.09. The minimum atomic E-state index is -0.326. The summed E-state index contributed by atoms with van der Waals surface area (Å²) in [7, 11) is 0. The van der Waals surface area contributed by atoms with Gasteiger partial charge in [-0.1, -0.05) is 34.5 Å². The molecule has 0 spiro atoms. The monoisotopic (exact) mass is 293 g/mol. The molecule has 15 heavy (non-hydrogen) atoms. The predicted molar refractivity (Wildman–Crippen MR) is 65.9 cm³/mol. The van der Waals surface area contributed by atoms with Gasteiger partial charge < -0.3 is 10.3 Å². The Morgan fingerprint density at radius 2 is 2.33 bits per heavy atom. The van der Waals surface area contributed by atoms with Crippen LogP contribution in [0.2, 0.25) is 5.02 Å². The number of nitrogens with one attached hydrogen (secondary N) is 2. The molecule has 1 aromatic rings. The normalized spacial score (nSPS) is 14.7. The van der Waals surface area contributed by atoms with Crippen molar-refractivity contribution >= 4 is 33.3 Å². The van der Waals surface area contributed by atoms with Crippen molar-refractivity contribution in [2.45, 2.75) is 19.9 Å². The number of rotatable bonds is 4. The van der Waals surface area contributed by atoms with E-state index in [9.17, 15) is 4.79 Å². The van der Waals surface area contributed by atoms with Gasteiger partial charge in [-0.25, -0.2) is 4.98 Å². The molecule has 6 heteroatoms. The summed E-state index contributed by atoms with van der Waals surface area (Å²) >= 11 is 9.21. The van der Waals surface area contributed by atoms with E-state index < -0.39 is 0 Å². The average Bonchev–Trinajstić information content (AvgIpc) is 2.23. The largest absolute Gasteiger partial charge is 0.366 e. The van der Waals surface area contributed by atoms with Crippen LogP contribution in [0.5, 0.6) is 0 Å². The molecule has 0 amide bonds. The van der Waals surface area contributed by atoms with Gasteiger partial charge >= 0.3 is 0 Å². The minimum absolute atomic E-state index is 0.103. The molecule has 2 atom stereocenters. The second kappa shape index (κ2) is 5.51. The van der Waals surface area contributed by atoms with E-state index in [-0.39, 0.29) is 16.6 Å². The third kappa shape index (κ3) is 3.21. The molecule has 0 aliphatic carbocycles. The predicted octanol–water partition coefficient (Wildman–Crippen LogP) is 2.25. The summed E-state index contributed by atoms with van der Waals surface area (Å²) in [6.07, 6.45) is 1.34. The van der Waals surface area contributed by atoms with E-state index in [1.54, 1.807) is 0 Å². The maximum atomic E-state index is 11.2. The first-order chi connectivity index (χ1) is 7.06. The van der Waals surface area contributed by atoms with Gasteiger partial charge in [0.15, 0.2) is 5.82 Å². The fourth-order valence-corrected chi connectivity index (χ4v) is 1.69. The van der Waals surface area contributed by atoms with Crippen LogP contribution in [0.4, 0.5) is 5.82 Å². The molecule has 1 heterocycles. The summed E-state index contributed by atoms with van der Waals surface area (Å²) in [4.78, 5) is 17.6. The second-order valence-electron chi connectivity index (χ2n) is 3.46. The van der Waals surface area contributed by atoms with Crippen molar-refractivity contribution in [2.24, 2.45) is 5.92 Å². The van der Waals surface area contributed by atoms with Crippen LogP contribution < -0.4 is 10.9 Å². The molecule has 0 bridgehead atoms. The number of aromatic amines is 1. The third-order valence-corrected chi connectivity index (χ3v) is 3.63. The zero-order chi connectivity index (χ0) is 11.4. The first-order valence-corrected chi connectivity index (χ1v) is 6.12. The fourth-order valence-electron chi connectivity index (χ4n) is 0.975. The Balaban J connectivity index is 2.81. The quantitative estimate of drug-likeness (QED) is 0.838. The van der Waals surface area contributed by atoms with E-state index >= 15 is 0 Å². The van der Waals surface area contributed by atoms with E-state index in [4.69, 9.17) is 11.6 Å². The number of anilines is 1. The minimum Gasteiger partial charge on any atom is -0.366 e. The van der Waals surface area contributed by atoms with Crippen LogP contribution in [0.25, 0.3) is 0 Å². The molecule has 0 aromatic carbocycles. The molecular formula is C9H13BrClN3O. The molecule has 84 valence electrons. The highest BCUT2D eigenvalue weighted by atomic mass is 79.9. The Bertz CT molecular complexity index is 382. The SMILES string of the molecule is CC(CBr)C(C)Nc1nc[nH]c(=O)c1Cl. The Labute approximate surface area is 102 Å². The number of aromatic nitrogens is 2. The molecular weight excluding hydrogens is 281 g/mol. The molecule has 0 fully saturated rings. The van der Waals surface area contributed by atoms with Crippen LogP contribution in [-0.4, -0.2) is 21.3 Å². The molecule has 0 aliphatic rings. The number of hydrogen-bond acceptors (Lipinski definition) is 3. The molecule has 0 saturated heterocycles. The summed E-state index contributed by atoms with van der Waals surface area (Å²) in [6.45, 7) is 4.11. The van der Waals surface area contributed by atoms with Gasteiger partial charge in [0.1, 0.15) is 5.02 Å². The molecule has 4 nitrogen and oxygen atoms in total. The van der Waals surface area contributed by atoms with Crippen molar-refractivity contribution in [3.8, 4) is 0 Å². The van der Waals surface area contributed by atoms with Gasteiger partial charge in [0, 0.05) is 11.4 Å². The maximum Gasteiger partial charge on any atom is 0.271 e. The van der Waals surface area contributed by atoms with Crippen molar-refractivity contribution in [2.75, 3.05) is 10.6 Å². The van der Waals surface area contributed by atoms with Gasteiger partial charge in [0.25, 0.3) is 5.56 Å². The Hall–Kier alpha value is -0.550. The van der Waals surface area contributed by atoms with Crippen molar-refractivity contribution in [1.82, 2.24) is 9.97 Å². The van der Waals surface area contributed by atoms with Crippen LogP contribution in [0.3, 0.4) is 0 Å². The lowest BCUT2D eigenvalue weighted by Gasteiger charge is -2.19. The smallest absolute Gasteiger partial charge is 0.271 e. The first kappa shape index (κ1) is 12.5. The molecule has 0 saturated carbocycles. The van der Waals surface area contributed by atoms with Crippen LogP contribution in [0.15, 0.2) is 11.1 Å². The summed E-state index contributed by atoms with van der Waals surface area (Å²) in [5, 5.41) is 4.09. The van der Waals surface area contributed by atoms with Gasteiger partial charge in [0.2, 0.25) is 0 Å². The fraction of sp³-hybridized carbons (Fsp3) is 0.556. The molecule has 1 aromatic heterocycles. The average molecular weight is 295 g/mol. The number of alkyl halides is 1. The highest BCUT2D eigenvalue weighted by Crippen LogP contribution is 2.16. The van der Waals surface area contributed by atoms with Gasteiger partial charge in [-0.3, -0.25) is 4.79 Å². The lowest BCUT2D eigenvalue weighted by atomic mass is 10.1. The van der Waals surface area contributed by atoms with Gasteiger partial charge in [-0.05, 0) is 12.8 Å². The molecule has 1 rings (SSSR count). The van der Waals surface area contributed by atoms with Gasteiger partial charge in [0.05, 0.1) is 6.33 Å². The van der Waals surface area contributed by atoms with Gasteiger partial charge in [-0.2, -0.15) is 0 Å². The number of H-pyrrole nitrogens is 1. The van der Waals surface area contributed by atoms with Crippen LogP contribution >= 0.6 is 27.5 Å². The van der Waals surface area contributed by atoms with Crippen molar-refractivity contribution in [1.29, 1.82) is 0 Å². The Kier molecular flexibility index (Phi) is 4.60. The summed E-state index contributed by atoms with van der Waals surface area (Å²) in [5.41, 5.74) is -0.326. The third-order valence-electron chi connectivity index (χ3n) is 2.26. The van der Waals surface area contributed by atoms with E-state index in [0.29, 0.717) is 11.7 Å². The van der Waals surface area contributed by atoms with E-state index in [2.05, 4.69) is 38.1 Å². The van der Waals surface area contributed by atoms with Gasteiger partial charge in [-0.15, -0.1) is 0 Å². The van der Waals surface area contributed by atoms with Crippen LogP contribution in [0.1, 0.15) is 13.8 Å². The lowest BCUT2D eigenvalue weighted by Crippen LogP contribution is -2.26. The molecule has 2 N–H and O–H groups in total. The van der Waals surface area contributed by atoms with E-state index in [1.807, 2.05) is 6.92 Å².